The third kappa shape index (κ3) is 4.07. The van der Waals surface area contributed by atoms with E-state index in [0.717, 1.165) is 12.1 Å². The van der Waals surface area contributed by atoms with Gasteiger partial charge in [0.25, 0.3) is 5.91 Å². The molecule has 0 atom stereocenters. The van der Waals surface area contributed by atoms with Gasteiger partial charge in [-0.05, 0) is 48.5 Å². The molecule has 0 saturated heterocycles. The molecule has 132 valence electrons. The number of anilines is 1. The number of halogens is 1. The van der Waals surface area contributed by atoms with Gasteiger partial charge in [0.15, 0.2) is 0 Å². The van der Waals surface area contributed by atoms with Crippen molar-refractivity contribution in [2.24, 2.45) is 0 Å². The molecule has 0 fully saturated rings. The van der Waals surface area contributed by atoms with E-state index in [1.165, 1.54) is 36.4 Å². The lowest BCUT2D eigenvalue weighted by Gasteiger charge is -2.09. The lowest BCUT2D eigenvalue weighted by atomic mass is 10.2. The zero-order chi connectivity index (χ0) is 18.6. The van der Waals surface area contributed by atoms with Crippen LogP contribution in [-0.4, -0.2) is 14.3 Å². The molecule has 0 aliphatic heterocycles. The van der Waals surface area contributed by atoms with Crippen LogP contribution in [0.4, 0.5) is 10.1 Å². The Kier molecular flexibility index (Phi) is 4.99. The third-order valence-corrected chi connectivity index (χ3v) is 4.74. The number of carbonyl (C=O) groups is 1. The SMILES string of the molecule is O=C(Nc1ccc(OS(=O)(=O)c2ccccc2F)cc1)c1ccccc1. The second kappa shape index (κ2) is 7.37. The van der Waals surface area contributed by atoms with E-state index in [1.54, 1.807) is 30.3 Å². The summed E-state index contributed by atoms with van der Waals surface area (Å²) in [5.74, 6) is -1.18. The van der Waals surface area contributed by atoms with E-state index in [9.17, 15) is 17.6 Å². The Morgan fingerprint density at radius 3 is 2.12 bits per heavy atom. The van der Waals surface area contributed by atoms with Crippen LogP contribution >= 0.6 is 0 Å². The van der Waals surface area contributed by atoms with Crippen LogP contribution in [0.15, 0.2) is 83.8 Å². The van der Waals surface area contributed by atoms with Crippen molar-refractivity contribution < 1.29 is 21.8 Å². The van der Waals surface area contributed by atoms with Gasteiger partial charge in [-0.3, -0.25) is 4.79 Å². The Labute approximate surface area is 150 Å². The Morgan fingerprint density at radius 1 is 0.846 bits per heavy atom. The van der Waals surface area contributed by atoms with Gasteiger partial charge < -0.3 is 9.50 Å². The summed E-state index contributed by atoms with van der Waals surface area (Å²) in [6, 6.07) is 19.3. The fourth-order valence-corrected chi connectivity index (χ4v) is 3.21. The normalized spacial score (nSPS) is 11.0. The second-order valence-electron chi connectivity index (χ2n) is 5.31. The van der Waals surface area contributed by atoms with Gasteiger partial charge in [-0.2, -0.15) is 8.42 Å². The summed E-state index contributed by atoms with van der Waals surface area (Å²) in [5.41, 5.74) is 0.962. The topological polar surface area (TPSA) is 72.5 Å². The van der Waals surface area contributed by atoms with Crippen LogP contribution < -0.4 is 9.50 Å². The van der Waals surface area contributed by atoms with E-state index in [0.29, 0.717) is 11.3 Å². The van der Waals surface area contributed by atoms with Gasteiger partial charge >= 0.3 is 10.1 Å². The Bertz CT molecular complexity index is 1020. The molecule has 3 aromatic carbocycles. The Hall–Kier alpha value is -3.19. The minimum atomic E-state index is -4.29. The lowest BCUT2D eigenvalue weighted by Crippen LogP contribution is -2.12. The maximum Gasteiger partial charge on any atom is 0.342 e. The van der Waals surface area contributed by atoms with Crippen molar-refractivity contribution >= 4 is 21.7 Å². The molecule has 7 heteroatoms. The Balaban J connectivity index is 1.72. The summed E-state index contributed by atoms with van der Waals surface area (Å²) < 4.78 is 42.9. The van der Waals surface area contributed by atoms with Crippen LogP contribution in [0, 0.1) is 5.82 Å². The third-order valence-electron chi connectivity index (χ3n) is 3.46. The first kappa shape index (κ1) is 17.6. The first-order valence-corrected chi connectivity index (χ1v) is 9.02. The number of hydrogen-bond donors (Lipinski definition) is 1. The van der Waals surface area contributed by atoms with Crippen molar-refractivity contribution in [3.05, 3.63) is 90.2 Å². The standard InChI is InChI=1S/C19H14FNO4S/c20-17-8-4-5-9-18(17)26(23,24)25-16-12-10-15(11-13-16)21-19(22)14-6-2-1-3-7-14/h1-13H,(H,21,22). The summed E-state index contributed by atoms with van der Waals surface area (Å²) in [4.78, 5) is 11.5. The first-order valence-electron chi connectivity index (χ1n) is 7.61. The zero-order valence-corrected chi connectivity index (χ0v) is 14.2. The van der Waals surface area contributed by atoms with Crippen LogP contribution in [0.25, 0.3) is 0 Å². The zero-order valence-electron chi connectivity index (χ0n) is 13.4. The summed E-state index contributed by atoms with van der Waals surface area (Å²) in [5, 5.41) is 2.69. The molecule has 0 spiro atoms. The molecule has 3 aromatic rings. The summed E-state index contributed by atoms with van der Waals surface area (Å²) in [6.45, 7) is 0. The molecule has 0 aliphatic rings. The summed E-state index contributed by atoms with van der Waals surface area (Å²) >= 11 is 0. The molecule has 0 heterocycles. The van der Waals surface area contributed by atoms with E-state index in [4.69, 9.17) is 4.18 Å². The van der Waals surface area contributed by atoms with E-state index < -0.39 is 20.8 Å². The van der Waals surface area contributed by atoms with Crippen molar-refractivity contribution in [3.8, 4) is 5.75 Å². The first-order chi connectivity index (χ1) is 12.5. The smallest absolute Gasteiger partial charge is 0.342 e. The van der Waals surface area contributed by atoms with Crippen LogP contribution in [0.3, 0.4) is 0 Å². The monoisotopic (exact) mass is 371 g/mol. The molecular weight excluding hydrogens is 357 g/mol. The largest absolute Gasteiger partial charge is 0.379 e. The predicted molar refractivity (Wildman–Crippen MR) is 95.1 cm³/mol. The molecule has 0 radical (unpaired) electrons. The maximum atomic E-state index is 13.7. The average Bonchev–Trinajstić information content (AvgIpc) is 2.64. The molecule has 0 aromatic heterocycles. The van der Waals surface area contributed by atoms with E-state index in [1.807, 2.05) is 0 Å². The van der Waals surface area contributed by atoms with Crippen molar-refractivity contribution in [2.75, 3.05) is 5.32 Å². The van der Waals surface area contributed by atoms with Gasteiger partial charge in [0.1, 0.15) is 16.5 Å². The summed E-state index contributed by atoms with van der Waals surface area (Å²) in [7, 11) is -4.29. The number of nitrogens with one attached hydrogen (secondary N) is 1. The van der Waals surface area contributed by atoms with E-state index >= 15 is 0 Å². The van der Waals surface area contributed by atoms with Crippen LogP contribution in [0.5, 0.6) is 5.75 Å². The highest BCUT2D eigenvalue weighted by Crippen LogP contribution is 2.22. The van der Waals surface area contributed by atoms with Gasteiger partial charge in [0.2, 0.25) is 0 Å². The highest BCUT2D eigenvalue weighted by Gasteiger charge is 2.20. The van der Waals surface area contributed by atoms with Gasteiger partial charge in [-0.1, -0.05) is 30.3 Å². The second-order valence-corrected chi connectivity index (χ2v) is 6.83. The molecular formula is C19H14FNO4S. The molecule has 0 aliphatic carbocycles. The molecule has 1 amide bonds. The highest BCUT2D eigenvalue weighted by molar-refractivity contribution is 7.87. The number of rotatable bonds is 5. The van der Waals surface area contributed by atoms with Crippen molar-refractivity contribution in [1.29, 1.82) is 0 Å². The van der Waals surface area contributed by atoms with Crippen molar-refractivity contribution in [2.45, 2.75) is 4.90 Å². The van der Waals surface area contributed by atoms with Crippen molar-refractivity contribution in [1.82, 2.24) is 0 Å². The molecule has 0 saturated carbocycles. The Morgan fingerprint density at radius 2 is 1.46 bits per heavy atom. The minimum Gasteiger partial charge on any atom is -0.379 e. The van der Waals surface area contributed by atoms with E-state index in [-0.39, 0.29) is 11.7 Å². The van der Waals surface area contributed by atoms with Gasteiger partial charge in [-0.25, -0.2) is 4.39 Å². The molecule has 5 nitrogen and oxygen atoms in total. The number of carbonyl (C=O) groups excluding carboxylic acids is 1. The van der Waals surface area contributed by atoms with Crippen LogP contribution in [0.2, 0.25) is 0 Å². The van der Waals surface area contributed by atoms with Gasteiger partial charge in [0, 0.05) is 11.3 Å². The number of amides is 1. The molecule has 0 unspecified atom stereocenters. The average molecular weight is 371 g/mol. The van der Waals surface area contributed by atoms with Crippen LogP contribution in [-0.2, 0) is 10.1 Å². The minimum absolute atomic E-state index is 0.00552. The van der Waals surface area contributed by atoms with Crippen molar-refractivity contribution in [3.63, 3.8) is 0 Å². The molecule has 0 bridgehead atoms. The van der Waals surface area contributed by atoms with E-state index in [2.05, 4.69) is 5.32 Å². The predicted octanol–water partition coefficient (Wildman–Crippen LogP) is 3.85. The number of benzene rings is 3. The van der Waals surface area contributed by atoms with Gasteiger partial charge in [-0.15, -0.1) is 0 Å². The molecule has 26 heavy (non-hydrogen) atoms. The number of hydrogen-bond acceptors (Lipinski definition) is 4. The fourth-order valence-electron chi connectivity index (χ4n) is 2.21. The lowest BCUT2D eigenvalue weighted by molar-refractivity contribution is 0.102. The summed E-state index contributed by atoms with van der Waals surface area (Å²) in [6.07, 6.45) is 0. The molecule has 3 rings (SSSR count). The maximum absolute atomic E-state index is 13.7. The molecule has 1 N–H and O–H groups in total. The highest BCUT2D eigenvalue weighted by atomic mass is 32.2. The fraction of sp³-hybridized carbons (Fsp3) is 0. The quantitative estimate of drug-likeness (QED) is 0.692. The van der Waals surface area contributed by atoms with Gasteiger partial charge in [0.05, 0.1) is 0 Å². The van der Waals surface area contributed by atoms with Crippen LogP contribution in [0.1, 0.15) is 10.4 Å².